The van der Waals surface area contributed by atoms with Gasteiger partial charge in [0.05, 0.1) is 16.3 Å². The SMILES string of the molecule is O=[N+]([O-])c1cc(Br)c(Nc2ccc(F)cc2F)cc1Cl. The molecule has 0 saturated carbocycles. The number of benzene rings is 2. The molecule has 8 heteroatoms. The molecule has 0 aliphatic rings. The maximum atomic E-state index is 13.5. The number of nitrogens with zero attached hydrogens (tertiary/aromatic N) is 1. The largest absolute Gasteiger partial charge is 0.352 e. The van der Waals surface area contributed by atoms with Crippen molar-refractivity contribution in [1.29, 1.82) is 0 Å². The van der Waals surface area contributed by atoms with Gasteiger partial charge in [-0.25, -0.2) is 8.78 Å². The quantitative estimate of drug-likeness (QED) is 0.614. The fourth-order valence-electron chi connectivity index (χ4n) is 1.51. The molecule has 0 aliphatic heterocycles. The Hall–Kier alpha value is -1.73. The number of nitro benzene ring substituents is 1. The number of anilines is 2. The number of hydrogen-bond donors (Lipinski definition) is 1. The van der Waals surface area contributed by atoms with Crippen LogP contribution in [-0.2, 0) is 0 Å². The number of rotatable bonds is 3. The van der Waals surface area contributed by atoms with Crippen LogP contribution in [0.15, 0.2) is 34.8 Å². The molecule has 20 heavy (non-hydrogen) atoms. The lowest BCUT2D eigenvalue weighted by atomic mass is 10.2. The van der Waals surface area contributed by atoms with E-state index < -0.39 is 16.6 Å². The average molecular weight is 364 g/mol. The van der Waals surface area contributed by atoms with Crippen LogP contribution >= 0.6 is 27.5 Å². The second kappa shape index (κ2) is 5.72. The molecule has 0 aliphatic carbocycles. The van der Waals surface area contributed by atoms with Crippen molar-refractivity contribution in [2.45, 2.75) is 0 Å². The second-order valence-corrected chi connectivity index (χ2v) is 5.05. The number of hydrogen-bond acceptors (Lipinski definition) is 3. The molecule has 0 bridgehead atoms. The summed E-state index contributed by atoms with van der Waals surface area (Å²) in [4.78, 5) is 10.1. The molecule has 0 unspecified atom stereocenters. The van der Waals surface area contributed by atoms with Crippen molar-refractivity contribution in [3.05, 3.63) is 61.6 Å². The van der Waals surface area contributed by atoms with Gasteiger partial charge in [0.25, 0.3) is 5.69 Å². The summed E-state index contributed by atoms with van der Waals surface area (Å²) in [6.45, 7) is 0. The first-order valence-electron chi connectivity index (χ1n) is 5.24. The highest BCUT2D eigenvalue weighted by molar-refractivity contribution is 9.10. The number of nitro groups is 1. The molecule has 1 N–H and O–H groups in total. The maximum Gasteiger partial charge on any atom is 0.289 e. The van der Waals surface area contributed by atoms with Crippen LogP contribution in [0.3, 0.4) is 0 Å². The first-order chi connectivity index (χ1) is 9.38. The molecule has 4 nitrogen and oxygen atoms in total. The van der Waals surface area contributed by atoms with E-state index in [9.17, 15) is 18.9 Å². The highest BCUT2D eigenvalue weighted by atomic mass is 79.9. The van der Waals surface area contributed by atoms with Crippen LogP contribution < -0.4 is 5.32 Å². The molecule has 0 atom stereocenters. The zero-order valence-electron chi connectivity index (χ0n) is 9.66. The Morgan fingerprint density at radius 1 is 1.20 bits per heavy atom. The van der Waals surface area contributed by atoms with E-state index in [1.807, 2.05) is 0 Å². The molecule has 0 amide bonds. The molecular weight excluding hydrogens is 357 g/mol. The molecule has 0 spiro atoms. The summed E-state index contributed by atoms with van der Waals surface area (Å²) in [5, 5.41) is 13.3. The molecule has 0 heterocycles. The van der Waals surface area contributed by atoms with Gasteiger partial charge in [0.1, 0.15) is 16.7 Å². The van der Waals surface area contributed by atoms with Crippen molar-refractivity contribution in [3.8, 4) is 0 Å². The van der Waals surface area contributed by atoms with Gasteiger partial charge in [-0.3, -0.25) is 10.1 Å². The van der Waals surface area contributed by atoms with Gasteiger partial charge in [0.15, 0.2) is 0 Å². The fourth-order valence-corrected chi connectivity index (χ4v) is 2.17. The van der Waals surface area contributed by atoms with Crippen LogP contribution in [0.2, 0.25) is 5.02 Å². The van der Waals surface area contributed by atoms with E-state index in [1.54, 1.807) is 0 Å². The van der Waals surface area contributed by atoms with Gasteiger partial charge in [0.2, 0.25) is 0 Å². The van der Waals surface area contributed by atoms with Gasteiger partial charge in [-0.05, 0) is 34.1 Å². The number of nitrogens with one attached hydrogen (secondary N) is 1. The highest BCUT2D eigenvalue weighted by Crippen LogP contribution is 2.36. The van der Waals surface area contributed by atoms with Gasteiger partial charge in [-0.2, -0.15) is 0 Å². The van der Waals surface area contributed by atoms with Gasteiger partial charge in [-0.1, -0.05) is 11.6 Å². The summed E-state index contributed by atoms with van der Waals surface area (Å²) in [6.07, 6.45) is 0. The third-order valence-electron chi connectivity index (χ3n) is 2.43. The van der Waals surface area contributed by atoms with Crippen LogP contribution in [0.25, 0.3) is 0 Å². The van der Waals surface area contributed by atoms with Gasteiger partial charge < -0.3 is 5.32 Å². The van der Waals surface area contributed by atoms with E-state index in [0.717, 1.165) is 12.1 Å². The molecule has 0 fully saturated rings. The standard InChI is InChI=1S/C12H6BrClF2N2O2/c13-7-4-12(18(19)20)8(14)5-11(7)17-10-2-1-6(15)3-9(10)16/h1-5,17H. The smallest absolute Gasteiger partial charge is 0.289 e. The lowest BCUT2D eigenvalue weighted by Gasteiger charge is -2.10. The lowest BCUT2D eigenvalue weighted by molar-refractivity contribution is -0.384. The monoisotopic (exact) mass is 362 g/mol. The van der Waals surface area contributed by atoms with Crippen molar-refractivity contribution >= 4 is 44.6 Å². The Bertz CT molecular complexity index is 697. The Balaban J connectivity index is 2.39. The third-order valence-corrected chi connectivity index (χ3v) is 3.39. The Labute approximate surface area is 125 Å². The normalized spacial score (nSPS) is 10.4. The topological polar surface area (TPSA) is 55.2 Å². The summed E-state index contributed by atoms with van der Waals surface area (Å²) >= 11 is 8.90. The van der Waals surface area contributed by atoms with E-state index in [-0.39, 0.29) is 16.4 Å². The molecule has 2 aromatic rings. The summed E-state index contributed by atoms with van der Waals surface area (Å²) in [5.41, 5.74) is 0.0757. The average Bonchev–Trinajstić information content (AvgIpc) is 2.36. The molecule has 104 valence electrons. The molecule has 0 radical (unpaired) electrons. The van der Waals surface area contributed by atoms with Crippen molar-refractivity contribution < 1.29 is 13.7 Å². The summed E-state index contributed by atoms with van der Waals surface area (Å²) in [5.74, 6) is -1.49. The van der Waals surface area contributed by atoms with Crippen molar-refractivity contribution in [1.82, 2.24) is 0 Å². The van der Waals surface area contributed by atoms with E-state index in [0.29, 0.717) is 10.2 Å². The van der Waals surface area contributed by atoms with Crippen molar-refractivity contribution in [2.75, 3.05) is 5.32 Å². The van der Waals surface area contributed by atoms with Crippen molar-refractivity contribution in [3.63, 3.8) is 0 Å². The van der Waals surface area contributed by atoms with Crippen LogP contribution in [0.5, 0.6) is 0 Å². The third kappa shape index (κ3) is 3.05. The van der Waals surface area contributed by atoms with E-state index in [4.69, 9.17) is 11.6 Å². The summed E-state index contributed by atoms with van der Waals surface area (Å²) < 4.78 is 26.6. The highest BCUT2D eigenvalue weighted by Gasteiger charge is 2.16. The van der Waals surface area contributed by atoms with Gasteiger partial charge >= 0.3 is 0 Å². The van der Waals surface area contributed by atoms with Crippen LogP contribution in [0.1, 0.15) is 0 Å². The van der Waals surface area contributed by atoms with Gasteiger partial charge in [-0.15, -0.1) is 0 Å². The first-order valence-corrected chi connectivity index (χ1v) is 6.41. The lowest BCUT2D eigenvalue weighted by Crippen LogP contribution is -1.97. The molecule has 0 aromatic heterocycles. The minimum Gasteiger partial charge on any atom is -0.352 e. The Morgan fingerprint density at radius 2 is 1.90 bits per heavy atom. The minimum absolute atomic E-state index is 0.0250. The second-order valence-electron chi connectivity index (χ2n) is 3.79. The summed E-state index contributed by atoms with van der Waals surface area (Å²) in [7, 11) is 0. The molecule has 0 saturated heterocycles. The van der Waals surface area contributed by atoms with Crippen LogP contribution in [0.4, 0.5) is 25.8 Å². The summed E-state index contributed by atoms with van der Waals surface area (Å²) in [6, 6.07) is 5.51. The fraction of sp³-hybridized carbons (Fsp3) is 0. The number of halogens is 4. The van der Waals surface area contributed by atoms with E-state index in [1.165, 1.54) is 18.2 Å². The maximum absolute atomic E-state index is 13.5. The molecular formula is C12H6BrClF2N2O2. The zero-order valence-corrected chi connectivity index (χ0v) is 12.0. The predicted octanol–water partition coefficient (Wildman–Crippen LogP) is 5.03. The predicted molar refractivity (Wildman–Crippen MR) is 75.4 cm³/mol. The zero-order chi connectivity index (χ0) is 14.9. The van der Waals surface area contributed by atoms with Crippen molar-refractivity contribution in [2.24, 2.45) is 0 Å². The van der Waals surface area contributed by atoms with E-state index in [2.05, 4.69) is 21.2 Å². The Morgan fingerprint density at radius 3 is 2.50 bits per heavy atom. The van der Waals surface area contributed by atoms with Crippen LogP contribution in [-0.4, -0.2) is 4.92 Å². The first kappa shape index (κ1) is 14.7. The molecule has 2 rings (SSSR count). The minimum atomic E-state index is -0.786. The van der Waals surface area contributed by atoms with Gasteiger partial charge in [0, 0.05) is 16.6 Å². The van der Waals surface area contributed by atoms with E-state index >= 15 is 0 Å². The Kier molecular flexibility index (Phi) is 4.20. The molecule has 2 aromatic carbocycles. The van der Waals surface area contributed by atoms with Crippen LogP contribution in [0, 0.1) is 21.7 Å².